The molecule has 0 spiro atoms. The Hall–Kier alpha value is -1.38. The van der Waals surface area contributed by atoms with Crippen LogP contribution in [0.2, 0.25) is 0 Å². The van der Waals surface area contributed by atoms with Crippen LogP contribution in [0, 0.1) is 13.8 Å². The first-order valence-electron chi connectivity index (χ1n) is 6.81. The Morgan fingerprint density at radius 3 is 2.50 bits per heavy atom. The molecule has 3 nitrogen and oxygen atoms in total. The molecule has 1 aliphatic rings. The molecule has 0 unspecified atom stereocenters. The van der Waals surface area contributed by atoms with E-state index in [0.29, 0.717) is 12.3 Å². The number of esters is 1. The highest BCUT2D eigenvalue weighted by Crippen LogP contribution is 2.27. The average molecular weight is 247 g/mol. The zero-order valence-electron chi connectivity index (χ0n) is 11.5. The van der Waals surface area contributed by atoms with Crippen LogP contribution in [0.4, 0.5) is 0 Å². The molecule has 3 heteroatoms. The molecule has 0 N–H and O–H groups in total. The largest absolute Gasteiger partial charge is 0.461 e. The molecule has 18 heavy (non-hydrogen) atoms. The van der Waals surface area contributed by atoms with Gasteiger partial charge in [0.05, 0.1) is 6.61 Å². The molecule has 98 valence electrons. The van der Waals surface area contributed by atoms with Gasteiger partial charge in [-0.1, -0.05) is 6.42 Å². The molecule has 1 aromatic heterocycles. The van der Waals surface area contributed by atoms with Gasteiger partial charge in [0.1, 0.15) is 0 Å². The Balaban J connectivity index is 2.48. The molecule has 1 aliphatic carbocycles. The summed E-state index contributed by atoms with van der Waals surface area (Å²) in [7, 11) is 0. The van der Waals surface area contributed by atoms with Gasteiger partial charge in [0.25, 0.3) is 0 Å². The van der Waals surface area contributed by atoms with Crippen molar-refractivity contribution in [2.24, 2.45) is 0 Å². The molecule has 2 rings (SSSR count). The van der Waals surface area contributed by atoms with Crippen molar-refractivity contribution in [1.82, 2.24) is 4.98 Å². The molecule has 1 aromatic rings. The number of hydrogen-bond donors (Lipinski definition) is 0. The maximum absolute atomic E-state index is 11.9. The molecule has 0 fully saturated rings. The van der Waals surface area contributed by atoms with E-state index in [1.807, 2.05) is 20.8 Å². The third kappa shape index (κ3) is 2.40. The Labute approximate surface area is 109 Å². The second-order valence-corrected chi connectivity index (χ2v) is 4.91. The minimum atomic E-state index is -0.287. The van der Waals surface area contributed by atoms with Crippen LogP contribution in [-0.2, 0) is 17.6 Å². The van der Waals surface area contributed by atoms with Gasteiger partial charge >= 0.3 is 5.97 Å². The van der Waals surface area contributed by atoms with Crippen LogP contribution in [0.3, 0.4) is 0 Å². The van der Waals surface area contributed by atoms with E-state index in [0.717, 1.165) is 24.1 Å². The van der Waals surface area contributed by atoms with Crippen molar-refractivity contribution in [3.63, 3.8) is 0 Å². The number of rotatable bonds is 2. The highest BCUT2D eigenvalue weighted by atomic mass is 16.5. The van der Waals surface area contributed by atoms with E-state index in [-0.39, 0.29) is 5.97 Å². The van der Waals surface area contributed by atoms with Gasteiger partial charge in [-0.25, -0.2) is 9.78 Å². The summed E-state index contributed by atoms with van der Waals surface area (Å²) >= 11 is 0. The smallest absolute Gasteiger partial charge is 0.357 e. The van der Waals surface area contributed by atoms with Crippen molar-refractivity contribution in [3.8, 4) is 0 Å². The molecule has 0 radical (unpaired) electrons. The lowest BCUT2D eigenvalue weighted by molar-refractivity contribution is 0.0518. The molecular formula is C15H21NO2. The minimum Gasteiger partial charge on any atom is -0.461 e. The van der Waals surface area contributed by atoms with Gasteiger partial charge in [-0.2, -0.15) is 0 Å². The monoisotopic (exact) mass is 247 g/mol. The number of nitrogens with zero attached hydrogens (tertiary/aromatic N) is 1. The number of fused-ring (bicyclic) bond motifs is 1. The summed E-state index contributed by atoms with van der Waals surface area (Å²) in [4.78, 5) is 16.4. The van der Waals surface area contributed by atoms with E-state index in [2.05, 4.69) is 4.98 Å². The first-order chi connectivity index (χ1) is 8.65. The first-order valence-corrected chi connectivity index (χ1v) is 6.81. The van der Waals surface area contributed by atoms with Gasteiger partial charge in [0.15, 0.2) is 5.69 Å². The van der Waals surface area contributed by atoms with Crippen LogP contribution in [0.1, 0.15) is 59.1 Å². The summed E-state index contributed by atoms with van der Waals surface area (Å²) < 4.78 is 5.08. The number of pyridine rings is 1. The number of aromatic nitrogens is 1. The second kappa shape index (κ2) is 5.51. The van der Waals surface area contributed by atoms with Crippen molar-refractivity contribution < 1.29 is 9.53 Å². The van der Waals surface area contributed by atoms with Crippen molar-refractivity contribution >= 4 is 5.97 Å². The molecular weight excluding hydrogens is 226 g/mol. The maximum atomic E-state index is 11.9. The topological polar surface area (TPSA) is 39.2 Å². The number of carbonyl (C=O) groups is 1. The van der Waals surface area contributed by atoms with Crippen LogP contribution in [0.15, 0.2) is 0 Å². The summed E-state index contributed by atoms with van der Waals surface area (Å²) in [6, 6.07) is 0. The van der Waals surface area contributed by atoms with E-state index in [1.54, 1.807) is 0 Å². The van der Waals surface area contributed by atoms with Gasteiger partial charge in [-0.05, 0) is 63.1 Å². The van der Waals surface area contributed by atoms with Crippen LogP contribution in [0.25, 0.3) is 0 Å². The lowest BCUT2D eigenvalue weighted by Gasteiger charge is -2.15. The number of carbonyl (C=O) groups excluding carboxylic acids is 1. The van der Waals surface area contributed by atoms with Crippen LogP contribution in [0.5, 0.6) is 0 Å². The highest BCUT2D eigenvalue weighted by Gasteiger charge is 2.21. The fourth-order valence-corrected chi connectivity index (χ4v) is 2.76. The molecule has 0 saturated heterocycles. The summed E-state index contributed by atoms with van der Waals surface area (Å²) in [6.07, 6.45) is 5.87. The normalized spacial score (nSPS) is 14.8. The number of hydrogen-bond acceptors (Lipinski definition) is 3. The van der Waals surface area contributed by atoms with Gasteiger partial charge in [0, 0.05) is 5.69 Å². The van der Waals surface area contributed by atoms with Crippen molar-refractivity contribution in [1.29, 1.82) is 0 Å². The zero-order valence-corrected chi connectivity index (χ0v) is 11.5. The molecule has 0 amide bonds. The molecule has 0 saturated carbocycles. The average Bonchev–Trinajstić information content (AvgIpc) is 2.60. The lowest BCUT2D eigenvalue weighted by Crippen LogP contribution is -2.14. The van der Waals surface area contributed by atoms with Crippen LogP contribution < -0.4 is 0 Å². The van der Waals surface area contributed by atoms with Crippen molar-refractivity contribution in [3.05, 3.63) is 28.1 Å². The summed E-state index contributed by atoms with van der Waals surface area (Å²) in [5.41, 5.74) is 5.23. The number of ether oxygens (including phenoxy) is 1. The molecule has 0 aromatic carbocycles. The molecule has 0 bridgehead atoms. The van der Waals surface area contributed by atoms with E-state index < -0.39 is 0 Å². The predicted octanol–water partition coefficient (Wildman–Crippen LogP) is 3.14. The fraction of sp³-hybridized carbons (Fsp3) is 0.600. The van der Waals surface area contributed by atoms with Gasteiger partial charge < -0.3 is 4.74 Å². The van der Waals surface area contributed by atoms with Crippen LogP contribution in [-0.4, -0.2) is 17.6 Å². The summed E-state index contributed by atoms with van der Waals surface area (Å²) in [6.45, 7) is 6.23. The Morgan fingerprint density at radius 2 is 1.83 bits per heavy atom. The van der Waals surface area contributed by atoms with Crippen LogP contribution >= 0.6 is 0 Å². The van der Waals surface area contributed by atoms with E-state index in [4.69, 9.17) is 4.74 Å². The van der Waals surface area contributed by atoms with Gasteiger partial charge in [-0.3, -0.25) is 0 Å². The van der Waals surface area contributed by atoms with Crippen molar-refractivity contribution in [2.75, 3.05) is 6.61 Å². The van der Waals surface area contributed by atoms with E-state index in [9.17, 15) is 4.79 Å². The number of aryl methyl sites for hydroxylation is 1. The standard InChI is InChI=1S/C15H21NO2/c1-4-18-15(17)14-10(2)12-8-6-5-7-9-13(12)11(3)16-14/h4-9H2,1-3H3. The molecule has 0 aliphatic heterocycles. The third-order valence-electron chi connectivity index (χ3n) is 3.71. The molecule has 1 heterocycles. The fourth-order valence-electron chi connectivity index (χ4n) is 2.76. The Kier molecular flexibility index (Phi) is 4.00. The van der Waals surface area contributed by atoms with Gasteiger partial charge in [-0.15, -0.1) is 0 Å². The zero-order chi connectivity index (χ0) is 13.1. The minimum absolute atomic E-state index is 0.287. The molecule has 0 atom stereocenters. The predicted molar refractivity (Wildman–Crippen MR) is 70.9 cm³/mol. The summed E-state index contributed by atoms with van der Waals surface area (Å²) in [5.74, 6) is -0.287. The Bertz CT molecular complexity index is 466. The summed E-state index contributed by atoms with van der Waals surface area (Å²) in [5, 5.41) is 0. The SMILES string of the molecule is CCOC(=O)c1nc(C)c2c(c1C)CCCCC2. The van der Waals surface area contributed by atoms with E-state index >= 15 is 0 Å². The third-order valence-corrected chi connectivity index (χ3v) is 3.71. The highest BCUT2D eigenvalue weighted by molar-refractivity contribution is 5.89. The van der Waals surface area contributed by atoms with Gasteiger partial charge in [0.2, 0.25) is 0 Å². The van der Waals surface area contributed by atoms with E-state index in [1.165, 1.54) is 30.4 Å². The lowest BCUT2D eigenvalue weighted by atomic mass is 9.96. The Morgan fingerprint density at radius 1 is 1.17 bits per heavy atom. The first kappa shape index (κ1) is 13.1. The quantitative estimate of drug-likeness (QED) is 0.595. The van der Waals surface area contributed by atoms with Crippen molar-refractivity contribution in [2.45, 2.75) is 52.9 Å². The maximum Gasteiger partial charge on any atom is 0.357 e. The second-order valence-electron chi connectivity index (χ2n) is 4.91.